The first-order chi connectivity index (χ1) is 7.81. The first kappa shape index (κ1) is 15.2. The van der Waals surface area contributed by atoms with Crippen molar-refractivity contribution in [3.63, 3.8) is 0 Å². The average Bonchev–Trinajstić information content (AvgIpc) is 2.28. The standard InChI is InChI=1S/C11H24N2O3/c1-3-7-15-9-5-12-11(14)13-6-10-16-8-4-2/h3-10H2,1-2H3,(H2,12,13,14). The Morgan fingerprint density at radius 2 is 1.31 bits per heavy atom. The maximum atomic E-state index is 11.2. The number of hydrogen-bond donors (Lipinski definition) is 2. The molecule has 0 aromatic carbocycles. The largest absolute Gasteiger partial charge is 0.380 e. The van der Waals surface area contributed by atoms with Crippen LogP contribution in [-0.4, -0.2) is 45.5 Å². The minimum atomic E-state index is -0.166. The summed E-state index contributed by atoms with van der Waals surface area (Å²) in [7, 11) is 0. The third-order valence-corrected chi connectivity index (χ3v) is 1.76. The second-order valence-corrected chi connectivity index (χ2v) is 3.41. The fourth-order valence-electron chi connectivity index (χ4n) is 1.03. The molecule has 0 aliphatic heterocycles. The molecule has 0 heterocycles. The van der Waals surface area contributed by atoms with Crippen molar-refractivity contribution >= 4 is 6.03 Å². The van der Waals surface area contributed by atoms with Crippen LogP contribution in [-0.2, 0) is 9.47 Å². The lowest BCUT2D eigenvalue weighted by atomic mass is 10.5. The second-order valence-electron chi connectivity index (χ2n) is 3.41. The number of nitrogens with one attached hydrogen (secondary N) is 2. The number of urea groups is 1. The van der Waals surface area contributed by atoms with Crippen molar-refractivity contribution in [2.24, 2.45) is 0 Å². The minimum absolute atomic E-state index is 0.166. The van der Waals surface area contributed by atoms with Crippen LogP contribution in [0.5, 0.6) is 0 Å². The van der Waals surface area contributed by atoms with Crippen LogP contribution in [0, 0.1) is 0 Å². The second kappa shape index (κ2) is 12.3. The lowest BCUT2D eigenvalue weighted by molar-refractivity contribution is 0.133. The summed E-state index contributed by atoms with van der Waals surface area (Å²) in [6, 6.07) is -0.166. The summed E-state index contributed by atoms with van der Waals surface area (Å²) in [5.74, 6) is 0. The number of amides is 2. The molecule has 0 aliphatic rings. The van der Waals surface area contributed by atoms with Crippen LogP contribution in [0.15, 0.2) is 0 Å². The van der Waals surface area contributed by atoms with E-state index >= 15 is 0 Å². The highest BCUT2D eigenvalue weighted by Gasteiger charge is 1.97. The van der Waals surface area contributed by atoms with Crippen LogP contribution >= 0.6 is 0 Å². The molecule has 5 heteroatoms. The van der Waals surface area contributed by atoms with E-state index < -0.39 is 0 Å². The first-order valence-electron chi connectivity index (χ1n) is 5.98. The summed E-state index contributed by atoms with van der Waals surface area (Å²) < 4.78 is 10.4. The molecule has 5 nitrogen and oxygen atoms in total. The van der Waals surface area contributed by atoms with Gasteiger partial charge in [0, 0.05) is 26.3 Å². The Morgan fingerprint density at radius 3 is 1.69 bits per heavy atom. The molecular weight excluding hydrogens is 208 g/mol. The number of hydrogen-bond acceptors (Lipinski definition) is 3. The number of rotatable bonds is 10. The van der Waals surface area contributed by atoms with Gasteiger partial charge in [-0.2, -0.15) is 0 Å². The van der Waals surface area contributed by atoms with Gasteiger partial charge < -0.3 is 20.1 Å². The van der Waals surface area contributed by atoms with E-state index in [1.54, 1.807) is 0 Å². The predicted molar refractivity (Wildman–Crippen MR) is 63.6 cm³/mol. The van der Waals surface area contributed by atoms with E-state index in [1.807, 2.05) is 0 Å². The Morgan fingerprint density at radius 1 is 0.875 bits per heavy atom. The van der Waals surface area contributed by atoms with E-state index in [0.29, 0.717) is 26.3 Å². The molecule has 0 spiro atoms. The van der Waals surface area contributed by atoms with E-state index in [4.69, 9.17) is 9.47 Å². The Labute approximate surface area is 97.9 Å². The molecule has 0 aromatic heterocycles. The van der Waals surface area contributed by atoms with Crippen LogP contribution in [0.4, 0.5) is 4.79 Å². The van der Waals surface area contributed by atoms with Gasteiger partial charge in [-0.05, 0) is 12.8 Å². The Kier molecular flexibility index (Phi) is 11.6. The molecule has 16 heavy (non-hydrogen) atoms. The fraction of sp³-hybridized carbons (Fsp3) is 0.909. The van der Waals surface area contributed by atoms with Gasteiger partial charge in [-0.3, -0.25) is 0 Å². The lowest BCUT2D eigenvalue weighted by Crippen LogP contribution is -2.38. The van der Waals surface area contributed by atoms with E-state index in [2.05, 4.69) is 24.5 Å². The van der Waals surface area contributed by atoms with Crippen molar-refractivity contribution in [3.8, 4) is 0 Å². The highest BCUT2D eigenvalue weighted by Crippen LogP contribution is 1.79. The molecule has 0 atom stereocenters. The van der Waals surface area contributed by atoms with Crippen molar-refractivity contribution in [1.82, 2.24) is 10.6 Å². The van der Waals surface area contributed by atoms with Crippen molar-refractivity contribution in [1.29, 1.82) is 0 Å². The van der Waals surface area contributed by atoms with E-state index in [1.165, 1.54) is 0 Å². The average molecular weight is 232 g/mol. The van der Waals surface area contributed by atoms with E-state index in [9.17, 15) is 4.79 Å². The van der Waals surface area contributed by atoms with Gasteiger partial charge in [-0.15, -0.1) is 0 Å². The van der Waals surface area contributed by atoms with Crippen LogP contribution in [0.25, 0.3) is 0 Å². The molecule has 0 rings (SSSR count). The zero-order valence-electron chi connectivity index (χ0n) is 10.4. The van der Waals surface area contributed by atoms with Gasteiger partial charge in [0.15, 0.2) is 0 Å². The van der Waals surface area contributed by atoms with Crippen LogP contribution in [0.1, 0.15) is 26.7 Å². The predicted octanol–water partition coefficient (Wildman–Crippen LogP) is 1.14. The molecule has 96 valence electrons. The smallest absolute Gasteiger partial charge is 0.314 e. The van der Waals surface area contributed by atoms with E-state index in [0.717, 1.165) is 26.1 Å². The summed E-state index contributed by atoms with van der Waals surface area (Å²) in [4.78, 5) is 11.2. The quantitative estimate of drug-likeness (QED) is 0.555. The van der Waals surface area contributed by atoms with Gasteiger partial charge in [0.2, 0.25) is 0 Å². The minimum Gasteiger partial charge on any atom is -0.380 e. The van der Waals surface area contributed by atoms with E-state index in [-0.39, 0.29) is 6.03 Å². The summed E-state index contributed by atoms with van der Waals surface area (Å²) in [6.07, 6.45) is 2.00. The molecule has 0 fully saturated rings. The molecule has 0 saturated carbocycles. The maximum absolute atomic E-state index is 11.2. The van der Waals surface area contributed by atoms with Crippen LogP contribution in [0.3, 0.4) is 0 Å². The maximum Gasteiger partial charge on any atom is 0.314 e. The Hall–Kier alpha value is -0.810. The van der Waals surface area contributed by atoms with Gasteiger partial charge in [0.05, 0.1) is 13.2 Å². The third-order valence-electron chi connectivity index (χ3n) is 1.76. The van der Waals surface area contributed by atoms with Crippen molar-refractivity contribution in [2.75, 3.05) is 39.5 Å². The first-order valence-corrected chi connectivity index (χ1v) is 5.98. The molecule has 2 amide bonds. The van der Waals surface area contributed by atoms with Crippen LogP contribution < -0.4 is 10.6 Å². The topological polar surface area (TPSA) is 59.6 Å². The molecular formula is C11H24N2O3. The Balaban J connectivity index is 3.12. The summed E-state index contributed by atoms with van der Waals surface area (Å²) in [5, 5.41) is 5.40. The van der Waals surface area contributed by atoms with Gasteiger partial charge in [0.1, 0.15) is 0 Å². The molecule has 0 radical (unpaired) electrons. The number of ether oxygens (including phenoxy) is 2. The highest BCUT2D eigenvalue weighted by atomic mass is 16.5. The fourth-order valence-corrected chi connectivity index (χ4v) is 1.03. The molecule has 0 bridgehead atoms. The number of carbonyl (C=O) groups is 1. The summed E-state index contributed by atoms with van der Waals surface area (Å²) in [5.41, 5.74) is 0. The zero-order chi connectivity index (χ0) is 12.1. The van der Waals surface area contributed by atoms with Crippen LogP contribution in [0.2, 0.25) is 0 Å². The molecule has 0 unspecified atom stereocenters. The normalized spacial score (nSPS) is 10.1. The SMILES string of the molecule is CCCOCCNC(=O)NCCOCCC. The molecule has 0 saturated heterocycles. The summed E-state index contributed by atoms with van der Waals surface area (Å²) >= 11 is 0. The molecule has 0 aliphatic carbocycles. The van der Waals surface area contributed by atoms with Gasteiger partial charge >= 0.3 is 6.03 Å². The van der Waals surface area contributed by atoms with Gasteiger partial charge in [-0.1, -0.05) is 13.8 Å². The van der Waals surface area contributed by atoms with Gasteiger partial charge in [0.25, 0.3) is 0 Å². The molecule has 2 N–H and O–H groups in total. The molecule has 0 aromatic rings. The van der Waals surface area contributed by atoms with Gasteiger partial charge in [-0.25, -0.2) is 4.79 Å². The van der Waals surface area contributed by atoms with Crippen molar-refractivity contribution < 1.29 is 14.3 Å². The zero-order valence-corrected chi connectivity index (χ0v) is 10.4. The lowest BCUT2D eigenvalue weighted by Gasteiger charge is -2.08. The van der Waals surface area contributed by atoms with Crippen molar-refractivity contribution in [2.45, 2.75) is 26.7 Å². The summed E-state index contributed by atoms with van der Waals surface area (Å²) in [6.45, 7) is 7.81. The number of carbonyl (C=O) groups excluding carboxylic acids is 1. The van der Waals surface area contributed by atoms with Crippen molar-refractivity contribution in [3.05, 3.63) is 0 Å². The third kappa shape index (κ3) is 11.3. The monoisotopic (exact) mass is 232 g/mol. The highest BCUT2D eigenvalue weighted by molar-refractivity contribution is 5.73. The Bertz CT molecular complexity index is 149.